The molecule has 3 nitrogen and oxygen atoms in total. The van der Waals surface area contributed by atoms with E-state index in [2.05, 4.69) is 95.6 Å². The zero-order valence-electron chi connectivity index (χ0n) is 19.5. The number of aryl methyl sites for hydroxylation is 6. The van der Waals surface area contributed by atoms with Crippen LogP contribution in [-0.2, 0) is 16.8 Å². The molecule has 0 aliphatic rings. The molecule has 0 bridgehead atoms. The molecule has 0 fully saturated rings. The van der Waals surface area contributed by atoms with Crippen LogP contribution in [0.15, 0.2) is 24.3 Å². The molecule has 0 aromatic heterocycles. The van der Waals surface area contributed by atoms with Crippen molar-refractivity contribution < 1.29 is 50.7 Å². The van der Waals surface area contributed by atoms with Crippen molar-refractivity contribution >= 4 is 11.4 Å². The Balaban J connectivity index is 0. The molecule has 0 amide bonds. The van der Waals surface area contributed by atoms with Gasteiger partial charge in [0.1, 0.15) is 0 Å². The summed E-state index contributed by atoms with van der Waals surface area (Å²) in [7, 11) is 0. The van der Waals surface area contributed by atoms with Crippen molar-refractivity contribution in [3.8, 4) is 0 Å². The summed E-state index contributed by atoms with van der Waals surface area (Å²) in [5, 5.41) is 10.9. The molecule has 0 saturated carbocycles. The van der Waals surface area contributed by atoms with Gasteiger partial charge in [0.05, 0.1) is 0 Å². The zero-order valence-corrected chi connectivity index (χ0v) is 23.7. The van der Waals surface area contributed by atoms with Gasteiger partial charge in [-0.3, -0.25) is 0 Å². The Labute approximate surface area is 215 Å². The number of hydrogen-bond donors (Lipinski definition) is 3. The van der Waals surface area contributed by atoms with E-state index < -0.39 is 0 Å². The first-order chi connectivity index (χ1) is 12.7. The van der Waals surface area contributed by atoms with E-state index in [4.69, 9.17) is 0 Å². The minimum Gasteiger partial charge on any atom is -1.00 e. The van der Waals surface area contributed by atoms with Crippen molar-refractivity contribution in [2.24, 2.45) is 0 Å². The second-order valence-electron chi connectivity index (χ2n) is 8.30. The average Bonchev–Trinajstić information content (AvgIpc) is 2.54. The van der Waals surface area contributed by atoms with E-state index in [0.717, 1.165) is 13.1 Å². The fraction of sp³-hybridized carbons (Fsp3) is 0.500. The molecule has 2 aromatic carbocycles. The molecule has 30 heavy (non-hydrogen) atoms. The van der Waals surface area contributed by atoms with Gasteiger partial charge in [-0.15, -0.1) is 0 Å². The smallest absolute Gasteiger partial charge is 1.00 e. The van der Waals surface area contributed by atoms with Gasteiger partial charge in [0.15, 0.2) is 0 Å². The summed E-state index contributed by atoms with van der Waals surface area (Å²) in [5.41, 5.74) is 10.5. The van der Waals surface area contributed by atoms with Crippen LogP contribution in [-0.4, -0.2) is 25.2 Å². The van der Waals surface area contributed by atoms with Crippen LogP contribution in [0.5, 0.6) is 0 Å². The van der Waals surface area contributed by atoms with Crippen molar-refractivity contribution in [1.29, 1.82) is 0 Å². The molecular weight excluding hydrogens is 549 g/mol. The molecule has 6 heteroatoms. The molecule has 2 rings (SSSR count). The Kier molecular flexibility index (Phi) is 15.3. The number of rotatable bonds is 8. The molecule has 0 aliphatic carbocycles. The second-order valence-corrected chi connectivity index (χ2v) is 8.30. The molecule has 0 aliphatic heterocycles. The van der Waals surface area contributed by atoms with E-state index in [1.807, 2.05) is 0 Å². The first kappa shape index (κ1) is 31.7. The number of nitrogens with one attached hydrogen (secondary N) is 3. The van der Waals surface area contributed by atoms with Crippen LogP contribution >= 0.6 is 0 Å². The SMILES string of the molecule is Cc1cc(C)c(NC(C)CNCC(C)Nc2c(C)cc(C)cc2C)c(C)c1.[Br-].[Br-].[Co+2]. The van der Waals surface area contributed by atoms with Crippen LogP contribution in [0.4, 0.5) is 11.4 Å². The summed E-state index contributed by atoms with van der Waals surface area (Å²) in [6, 6.07) is 9.73. The largest absolute Gasteiger partial charge is 2.00 e. The van der Waals surface area contributed by atoms with E-state index in [1.165, 1.54) is 44.8 Å². The van der Waals surface area contributed by atoms with Crippen molar-refractivity contribution in [2.45, 2.75) is 67.5 Å². The van der Waals surface area contributed by atoms with E-state index in [1.54, 1.807) is 0 Å². The van der Waals surface area contributed by atoms with E-state index in [0.29, 0.717) is 12.1 Å². The Hall–Kier alpha value is -0.534. The molecular formula is C24H37Br2CoN3. The van der Waals surface area contributed by atoms with Gasteiger partial charge in [-0.1, -0.05) is 35.4 Å². The second kappa shape index (κ2) is 14.5. The van der Waals surface area contributed by atoms with Crippen LogP contribution in [0.25, 0.3) is 0 Å². The van der Waals surface area contributed by atoms with Crippen molar-refractivity contribution in [2.75, 3.05) is 23.7 Å². The summed E-state index contributed by atoms with van der Waals surface area (Å²) in [5.74, 6) is 0. The molecule has 171 valence electrons. The summed E-state index contributed by atoms with van der Waals surface area (Å²) in [4.78, 5) is 0. The van der Waals surface area contributed by atoms with E-state index in [-0.39, 0.29) is 50.7 Å². The van der Waals surface area contributed by atoms with Gasteiger partial charge >= 0.3 is 16.8 Å². The quantitative estimate of drug-likeness (QED) is 0.389. The fourth-order valence-electron chi connectivity index (χ4n) is 3.93. The fourth-order valence-corrected chi connectivity index (χ4v) is 3.93. The molecule has 0 heterocycles. The number of hydrogen-bond acceptors (Lipinski definition) is 3. The van der Waals surface area contributed by atoms with Gasteiger partial charge in [0, 0.05) is 36.5 Å². The Morgan fingerprint density at radius 1 is 0.600 bits per heavy atom. The standard InChI is InChI=1S/C24H37N3.2BrH.Co/c1-15-9-17(3)23(18(4)10-15)26-21(7)13-25-14-22(8)27-24-19(5)11-16(2)12-20(24)6;;;/h9-12,21-22,25-27H,13-14H2,1-8H3;2*1H;/q;;;+2/p-2. The van der Waals surface area contributed by atoms with E-state index in [9.17, 15) is 0 Å². The Morgan fingerprint density at radius 2 is 0.867 bits per heavy atom. The number of benzene rings is 2. The average molecular weight is 586 g/mol. The minimum atomic E-state index is 0. The van der Waals surface area contributed by atoms with Gasteiger partial charge in [0.25, 0.3) is 0 Å². The maximum absolute atomic E-state index is 3.67. The predicted molar refractivity (Wildman–Crippen MR) is 120 cm³/mol. The molecule has 0 spiro atoms. The maximum atomic E-state index is 3.67. The predicted octanol–water partition coefficient (Wildman–Crippen LogP) is -0.567. The summed E-state index contributed by atoms with van der Waals surface area (Å²) in [6.07, 6.45) is 0. The number of anilines is 2. The van der Waals surface area contributed by atoms with Crippen LogP contribution in [0.1, 0.15) is 47.2 Å². The van der Waals surface area contributed by atoms with Crippen LogP contribution in [0, 0.1) is 41.5 Å². The number of halogens is 2. The van der Waals surface area contributed by atoms with Crippen molar-refractivity contribution in [1.82, 2.24) is 5.32 Å². The van der Waals surface area contributed by atoms with Crippen LogP contribution < -0.4 is 49.9 Å². The van der Waals surface area contributed by atoms with Crippen molar-refractivity contribution in [3.63, 3.8) is 0 Å². The summed E-state index contributed by atoms with van der Waals surface area (Å²) >= 11 is 0. The molecule has 3 N–H and O–H groups in total. The molecule has 2 aromatic rings. The molecule has 0 saturated heterocycles. The van der Waals surface area contributed by atoms with Gasteiger partial charge < -0.3 is 49.9 Å². The third-order valence-corrected chi connectivity index (χ3v) is 5.04. The van der Waals surface area contributed by atoms with Crippen molar-refractivity contribution in [3.05, 3.63) is 57.6 Å². The van der Waals surface area contributed by atoms with Gasteiger partial charge in [-0.05, 0) is 77.6 Å². The van der Waals surface area contributed by atoms with Gasteiger partial charge in [-0.25, -0.2) is 0 Å². The van der Waals surface area contributed by atoms with Gasteiger partial charge in [0.2, 0.25) is 0 Å². The normalized spacial score (nSPS) is 12.0. The molecule has 1 radical (unpaired) electrons. The monoisotopic (exact) mass is 584 g/mol. The van der Waals surface area contributed by atoms with Crippen LogP contribution in [0.3, 0.4) is 0 Å². The first-order valence-electron chi connectivity index (χ1n) is 10.1. The Bertz CT molecular complexity index is 685. The maximum Gasteiger partial charge on any atom is 2.00 e. The minimum absolute atomic E-state index is 0. The van der Waals surface area contributed by atoms with E-state index >= 15 is 0 Å². The summed E-state index contributed by atoms with van der Waals surface area (Å²) in [6.45, 7) is 19.4. The zero-order chi connectivity index (χ0) is 20.1. The summed E-state index contributed by atoms with van der Waals surface area (Å²) < 4.78 is 0. The molecule has 2 atom stereocenters. The van der Waals surface area contributed by atoms with Gasteiger partial charge in [-0.2, -0.15) is 0 Å². The first-order valence-corrected chi connectivity index (χ1v) is 10.1. The van der Waals surface area contributed by atoms with Crippen LogP contribution in [0.2, 0.25) is 0 Å². The Morgan fingerprint density at radius 3 is 1.13 bits per heavy atom. The topological polar surface area (TPSA) is 36.1 Å². The third kappa shape index (κ3) is 9.31. The third-order valence-electron chi connectivity index (χ3n) is 5.04. The molecule has 2 unspecified atom stereocenters.